The van der Waals surface area contributed by atoms with Gasteiger partial charge < -0.3 is 18.7 Å². The van der Waals surface area contributed by atoms with Gasteiger partial charge in [-0.3, -0.25) is 0 Å². The Morgan fingerprint density at radius 3 is 2.43 bits per heavy atom. The van der Waals surface area contributed by atoms with Gasteiger partial charge in [0.25, 0.3) is 0 Å². The fourth-order valence-electron chi connectivity index (χ4n) is 3.53. The Morgan fingerprint density at radius 1 is 0.973 bits per heavy atom. The summed E-state index contributed by atoms with van der Waals surface area (Å²) in [4.78, 5) is 14.4. The lowest BCUT2D eigenvalue weighted by atomic mass is 10.2. The quantitative estimate of drug-likeness (QED) is 0.216. The maximum Gasteiger partial charge on any atom is 0.338 e. The SMILES string of the molecule is COc1ccc(-n2cc(-c3ccccc3Sc3ccc(C(=O)OCC[N+](C)(C)C)cc3)nn2)c(OC)c1. The molecule has 0 N–H and O–H groups in total. The van der Waals surface area contributed by atoms with Crippen LogP contribution in [0.1, 0.15) is 10.4 Å². The maximum atomic E-state index is 12.4. The van der Waals surface area contributed by atoms with Gasteiger partial charge in [0.2, 0.25) is 0 Å². The molecule has 192 valence electrons. The Kier molecular flexibility index (Phi) is 8.15. The predicted molar refractivity (Wildman–Crippen MR) is 144 cm³/mol. The highest BCUT2D eigenvalue weighted by atomic mass is 32.2. The third-order valence-electron chi connectivity index (χ3n) is 5.60. The summed E-state index contributed by atoms with van der Waals surface area (Å²) in [5.41, 5.74) is 2.99. The van der Waals surface area contributed by atoms with Crippen LogP contribution in [0, 0.1) is 0 Å². The van der Waals surface area contributed by atoms with Gasteiger partial charge in [0.15, 0.2) is 0 Å². The minimum absolute atomic E-state index is 0.309. The Morgan fingerprint density at radius 2 is 1.73 bits per heavy atom. The number of likely N-dealkylation sites (N-methyl/N-ethyl adjacent to an activating group) is 1. The third-order valence-corrected chi connectivity index (χ3v) is 6.69. The molecule has 0 amide bonds. The average molecular weight is 520 g/mol. The Balaban J connectivity index is 1.50. The molecule has 0 spiro atoms. The minimum Gasteiger partial charge on any atom is -0.497 e. The smallest absolute Gasteiger partial charge is 0.338 e. The number of ether oxygens (including phenoxy) is 3. The molecule has 0 saturated carbocycles. The van der Waals surface area contributed by atoms with Crippen molar-refractivity contribution in [2.24, 2.45) is 0 Å². The monoisotopic (exact) mass is 519 g/mol. The molecule has 1 aromatic heterocycles. The summed E-state index contributed by atoms with van der Waals surface area (Å²) in [6, 6.07) is 21.0. The molecule has 8 nitrogen and oxygen atoms in total. The summed E-state index contributed by atoms with van der Waals surface area (Å²) in [5, 5.41) is 8.75. The van der Waals surface area contributed by atoms with E-state index in [-0.39, 0.29) is 5.97 Å². The van der Waals surface area contributed by atoms with Gasteiger partial charge >= 0.3 is 5.97 Å². The molecule has 37 heavy (non-hydrogen) atoms. The second-order valence-electron chi connectivity index (χ2n) is 9.36. The van der Waals surface area contributed by atoms with Crippen LogP contribution in [0.2, 0.25) is 0 Å². The summed E-state index contributed by atoms with van der Waals surface area (Å²) in [6.07, 6.45) is 1.87. The largest absolute Gasteiger partial charge is 0.497 e. The lowest BCUT2D eigenvalue weighted by Gasteiger charge is -2.23. The predicted octanol–water partition coefficient (Wildman–Crippen LogP) is 4.97. The molecule has 4 aromatic rings. The molecule has 0 aliphatic heterocycles. The normalized spacial score (nSPS) is 11.3. The number of carbonyl (C=O) groups is 1. The molecule has 0 radical (unpaired) electrons. The molecule has 0 atom stereocenters. The zero-order valence-electron chi connectivity index (χ0n) is 21.7. The van der Waals surface area contributed by atoms with Gasteiger partial charge in [0, 0.05) is 21.4 Å². The van der Waals surface area contributed by atoms with Gasteiger partial charge in [-0.15, -0.1) is 5.10 Å². The highest BCUT2D eigenvalue weighted by molar-refractivity contribution is 7.99. The molecule has 1 heterocycles. The van der Waals surface area contributed by atoms with Crippen molar-refractivity contribution < 1.29 is 23.5 Å². The average Bonchev–Trinajstić information content (AvgIpc) is 3.38. The molecule has 3 aromatic carbocycles. The van der Waals surface area contributed by atoms with E-state index in [0.29, 0.717) is 23.7 Å². The maximum absolute atomic E-state index is 12.4. The van der Waals surface area contributed by atoms with Gasteiger partial charge in [0.05, 0.1) is 47.1 Å². The molecular weight excluding hydrogens is 488 g/mol. The topological polar surface area (TPSA) is 75.5 Å². The van der Waals surface area contributed by atoms with Gasteiger partial charge in [0.1, 0.15) is 36.0 Å². The van der Waals surface area contributed by atoms with Crippen LogP contribution in [0.4, 0.5) is 0 Å². The number of benzene rings is 3. The van der Waals surface area contributed by atoms with Crippen molar-refractivity contribution in [2.75, 3.05) is 48.5 Å². The zero-order valence-corrected chi connectivity index (χ0v) is 22.5. The van der Waals surface area contributed by atoms with Gasteiger partial charge in [-0.05, 0) is 42.5 Å². The van der Waals surface area contributed by atoms with E-state index in [2.05, 4.69) is 31.5 Å². The first-order chi connectivity index (χ1) is 17.8. The van der Waals surface area contributed by atoms with E-state index < -0.39 is 0 Å². The van der Waals surface area contributed by atoms with Crippen molar-refractivity contribution >= 4 is 17.7 Å². The number of esters is 1. The number of aromatic nitrogens is 3. The highest BCUT2D eigenvalue weighted by Gasteiger charge is 2.15. The molecule has 9 heteroatoms. The zero-order chi connectivity index (χ0) is 26.4. The molecule has 0 fully saturated rings. The second-order valence-corrected chi connectivity index (χ2v) is 10.5. The molecular formula is C28H31N4O4S+. The number of hydrogen-bond donors (Lipinski definition) is 0. The third kappa shape index (κ3) is 6.69. The molecule has 0 saturated heterocycles. The number of rotatable bonds is 10. The fourth-order valence-corrected chi connectivity index (χ4v) is 4.48. The fraction of sp³-hybridized carbons (Fsp3) is 0.250. The van der Waals surface area contributed by atoms with E-state index in [4.69, 9.17) is 14.2 Å². The van der Waals surface area contributed by atoms with Crippen molar-refractivity contribution in [1.29, 1.82) is 0 Å². The van der Waals surface area contributed by atoms with Crippen molar-refractivity contribution in [3.63, 3.8) is 0 Å². The van der Waals surface area contributed by atoms with Crippen LogP contribution in [0.3, 0.4) is 0 Å². The van der Waals surface area contributed by atoms with E-state index in [9.17, 15) is 4.79 Å². The van der Waals surface area contributed by atoms with Crippen LogP contribution < -0.4 is 9.47 Å². The summed E-state index contributed by atoms with van der Waals surface area (Å²) >= 11 is 1.60. The highest BCUT2D eigenvalue weighted by Crippen LogP contribution is 2.36. The van der Waals surface area contributed by atoms with Crippen molar-refractivity contribution in [3.8, 4) is 28.4 Å². The van der Waals surface area contributed by atoms with E-state index in [1.165, 1.54) is 0 Å². The van der Waals surface area contributed by atoms with Crippen LogP contribution in [0.25, 0.3) is 16.9 Å². The van der Waals surface area contributed by atoms with Crippen molar-refractivity contribution in [3.05, 3.63) is 78.5 Å². The number of carbonyl (C=O) groups excluding carboxylic acids is 1. The first-order valence-electron chi connectivity index (χ1n) is 11.8. The van der Waals surface area contributed by atoms with Gasteiger partial charge in [-0.1, -0.05) is 35.2 Å². The van der Waals surface area contributed by atoms with Crippen LogP contribution in [0.5, 0.6) is 11.5 Å². The van der Waals surface area contributed by atoms with Crippen molar-refractivity contribution in [2.45, 2.75) is 9.79 Å². The van der Waals surface area contributed by atoms with E-state index in [1.54, 1.807) is 42.8 Å². The molecule has 0 aliphatic rings. The Labute approximate surface area is 221 Å². The van der Waals surface area contributed by atoms with E-state index >= 15 is 0 Å². The number of nitrogens with zero attached hydrogens (tertiary/aromatic N) is 4. The van der Waals surface area contributed by atoms with Crippen LogP contribution in [0.15, 0.2) is 82.7 Å². The minimum atomic E-state index is -0.309. The van der Waals surface area contributed by atoms with Crippen LogP contribution >= 0.6 is 11.8 Å². The summed E-state index contributed by atoms with van der Waals surface area (Å²) in [7, 11) is 9.41. The van der Waals surface area contributed by atoms with Gasteiger partial charge in [-0.2, -0.15) is 0 Å². The van der Waals surface area contributed by atoms with Gasteiger partial charge in [-0.25, -0.2) is 9.48 Å². The number of quaternary nitrogens is 1. The first kappa shape index (κ1) is 26.2. The summed E-state index contributed by atoms with van der Waals surface area (Å²) < 4.78 is 18.6. The van der Waals surface area contributed by atoms with E-state index in [0.717, 1.165) is 37.8 Å². The summed E-state index contributed by atoms with van der Waals surface area (Å²) in [5.74, 6) is 1.02. The molecule has 0 aliphatic carbocycles. The lowest BCUT2D eigenvalue weighted by Crippen LogP contribution is -2.38. The number of hydrogen-bond acceptors (Lipinski definition) is 7. The lowest BCUT2D eigenvalue weighted by molar-refractivity contribution is -0.870. The van der Waals surface area contributed by atoms with E-state index in [1.807, 2.05) is 60.8 Å². The first-order valence-corrected chi connectivity index (χ1v) is 12.6. The standard InChI is InChI=1S/C28H31N4O4S/c1-32(2,3)16-17-36-28(33)20-10-13-22(14-11-20)37-27-9-7-6-8-23(27)24-19-31(30-29-24)25-15-12-21(34-4)18-26(25)35-5/h6-15,18-19H,16-17H2,1-5H3/q+1. The molecule has 4 rings (SSSR count). The second kappa shape index (κ2) is 11.5. The summed E-state index contributed by atoms with van der Waals surface area (Å²) in [6.45, 7) is 1.14. The Bertz CT molecular complexity index is 1360. The molecule has 0 unspecified atom stereocenters. The Hall–Kier alpha value is -3.82. The van der Waals surface area contributed by atoms with Crippen LogP contribution in [-0.2, 0) is 4.74 Å². The van der Waals surface area contributed by atoms with Crippen LogP contribution in [-0.4, -0.2) is 74.0 Å². The molecule has 0 bridgehead atoms. The van der Waals surface area contributed by atoms with Crippen molar-refractivity contribution in [1.82, 2.24) is 15.0 Å². The number of methoxy groups -OCH3 is 2.